The van der Waals surface area contributed by atoms with E-state index in [4.69, 9.17) is 5.73 Å². The van der Waals surface area contributed by atoms with Gasteiger partial charge in [-0.2, -0.15) is 0 Å². The predicted molar refractivity (Wildman–Crippen MR) is 86.0 cm³/mol. The van der Waals surface area contributed by atoms with Crippen molar-refractivity contribution in [2.24, 2.45) is 5.73 Å². The fraction of sp³-hybridized carbons (Fsp3) is 0.267. The van der Waals surface area contributed by atoms with E-state index in [-0.39, 0.29) is 18.3 Å². The third kappa shape index (κ3) is 3.60. The zero-order valence-electron chi connectivity index (χ0n) is 11.6. The maximum atomic E-state index is 12.5. The zero-order valence-corrected chi connectivity index (χ0v) is 13.2. The van der Waals surface area contributed by atoms with Crippen LogP contribution in [0.4, 0.5) is 0 Å². The lowest BCUT2D eigenvalue weighted by Gasteiger charge is -2.29. The molecule has 2 aromatic rings. The molecule has 1 amide bonds. The average Bonchev–Trinajstić information content (AvgIpc) is 2.91. The van der Waals surface area contributed by atoms with Gasteiger partial charge in [0, 0.05) is 11.9 Å². The molecule has 3 nitrogen and oxygen atoms in total. The van der Waals surface area contributed by atoms with E-state index in [1.165, 1.54) is 0 Å². The number of halogens is 1. The van der Waals surface area contributed by atoms with Crippen LogP contribution in [0, 0.1) is 0 Å². The minimum absolute atomic E-state index is 0. The van der Waals surface area contributed by atoms with Gasteiger partial charge in [0.1, 0.15) is 5.54 Å². The normalized spacial score (nSPS) is 13.2. The molecule has 1 heterocycles. The molecule has 0 spiro atoms. The maximum absolute atomic E-state index is 12.5. The SMILES string of the molecule is CN(Cc1cccs1)C(=O)C(C)(N)c1ccccc1.Cl. The largest absolute Gasteiger partial charge is 0.339 e. The molecule has 20 heavy (non-hydrogen) atoms. The molecule has 0 aliphatic heterocycles. The van der Waals surface area contributed by atoms with Gasteiger partial charge in [0.25, 0.3) is 0 Å². The smallest absolute Gasteiger partial charge is 0.247 e. The summed E-state index contributed by atoms with van der Waals surface area (Å²) in [6.07, 6.45) is 0. The number of nitrogens with zero attached hydrogens (tertiary/aromatic N) is 1. The van der Waals surface area contributed by atoms with E-state index in [9.17, 15) is 4.79 Å². The summed E-state index contributed by atoms with van der Waals surface area (Å²) in [4.78, 5) is 15.3. The second-order valence-electron chi connectivity index (χ2n) is 4.81. The van der Waals surface area contributed by atoms with Gasteiger partial charge in [0.2, 0.25) is 5.91 Å². The number of rotatable bonds is 4. The highest BCUT2D eigenvalue weighted by Gasteiger charge is 2.32. The Labute approximate surface area is 129 Å². The number of amides is 1. The Bertz CT molecular complexity index is 540. The average molecular weight is 311 g/mol. The van der Waals surface area contributed by atoms with Crippen LogP contribution in [-0.4, -0.2) is 17.9 Å². The fourth-order valence-corrected chi connectivity index (χ4v) is 2.77. The summed E-state index contributed by atoms with van der Waals surface area (Å²) < 4.78 is 0. The number of likely N-dealkylation sites (N-methyl/N-ethyl adjacent to an activating group) is 1. The molecule has 0 saturated heterocycles. The van der Waals surface area contributed by atoms with Gasteiger partial charge >= 0.3 is 0 Å². The van der Waals surface area contributed by atoms with Crippen molar-refractivity contribution in [2.45, 2.75) is 19.0 Å². The van der Waals surface area contributed by atoms with Crippen molar-refractivity contribution in [1.29, 1.82) is 0 Å². The highest BCUT2D eigenvalue weighted by Crippen LogP contribution is 2.21. The quantitative estimate of drug-likeness (QED) is 0.943. The van der Waals surface area contributed by atoms with E-state index in [0.717, 1.165) is 10.4 Å². The molecule has 0 aliphatic rings. The Kier molecular flexibility index (Phi) is 5.74. The first kappa shape index (κ1) is 16.7. The van der Waals surface area contributed by atoms with Crippen molar-refractivity contribution in [3.63, 3.8) is 0 Å². The molecule has 1 aromatic heterocycles. The Hall–Kier alpha value is -1.36. The van der Waals surface area contributed by atoms with E-state index in [2.05, 4.69) is 0 Å². The Morgan fingerprint density at radius 3 is 2.45 bits per heavy atom. The van der Waals surface area contributed by atoms with Crippen LogP contribution in [0.15, 0.2) is 47.8 Å². The van der Waals surface area contributed by atoms with Crippen LogP contribution in [-0.2, 0) is 16.9 Å². The molecule has 0 saturated carbocycles. The Balaban J connectivity index is 0.00000200. The van der Waals surface area contributed by atoms with E-state index in [1.54, 1.807) is 30.2 Å². The second-order valence-corrected chi connectivity index (χ2v) is 5.84. The monoisotopic (exact) mass is 310 g/mol. The van der Waals surface area contributed by atoms with Gasteiger partial charge in [-0.25, -0.2) is 0 Å². The van der Waals surface area contributed by atoms with Gasteiger partial charge in [-0.05, 0) is 23.9 Å². The molecule has 1 aromatic carbocycles. The van der Waals surface area contributed by atoms with Crippen molar-refractivity contribution < 1.29 is 4.79 Å². The molecule has 5 heteroatoms. The third-order valence-electron chi connectivity index (χ3n) is 3.14. The van der Waals surface area contributed by atoms with Crippen LogP contribution in [0.5, 0.6) is 0 Å². The van der Waals surface area contributed by atoms with E-state index >= 15 is 0 Å². The zero-order chi connectivity index (χ0) is 13.9. The fourth-order valence-electron chi connectivity index (χ4n) is 2.01. The van der Waals surface area contributed by atoms with Crippen LogP contribution in [0.25, 0.3) is 0 Å². The molecule has 1 unspecified atom stereocenters. The van der Waals surface area contributed by atoms with Crippen LogP contribution in [0.2, 0.25) is 0 Å². The molecule has 1 atom stereocenters. The van der Waals surface area contributed by atoms with Gasteiger partial charge in [-0.15, -0.1) is 23.7 Å². The van der Waals surface area contributed by atoms with Crippen molar-refractivity contribution in [1.82, 2.24) is 4.90 Å². The number of carbonyl (C=O) groups is 1. The summed E-state index contributed by atoms with van der Waals surface area (Å²) in [7, 11) is 1.79. The second kappa shape index (κ2) is 6.88. The first-order valence-electron chi connectivity index (χ1n) is 6.14. The third-order valence-corrected chi connectivity index (χ3v) is 4.00. The topological polar surface area (TPSA) is 46.3 Å². The minimum Gasteiger partial charge on any atom is -0.339 e. The number of benzene rings is 1. The lowest BCUT2D eigenvalue weighted by atomic mass is 9.92. The van der Waals surface area contributed by atoms with Gasteiger partial charge in [0.15, 0.2) is 0 Å². The van der Waals surface area contributed by atoms with Crippen LogP contribution in [0.3, 0.4) is 0 Å². The predicted octanol–water partition coefficient (Wildman–Crippen LogP) is 3.00. The van der Waals surface area contributed by atoms with Gasteiger partial charge < -0.3 is 10.6 Å². The van der Waals surface area contributed by atoms with Crippen molar-refractivity contribution in [3.05, 3.63) is 58.3 Å². The number of nitrogens with two attached hydrogens (primary N) is 1. The Morgan fingerprint density at radius 1 is 1.25 bits per heavy atom. The van der Waals surface area contributed by atoms with E-state index in [1.807, 2.05) is 47.8 Å². The highest BCUT2D eigenvalue weighted by atomic mass is 35.5. The number of hydrogen-bond acceptors (Lipinski definition) is 3. The maximum Gasteiger partial charge on any atom is 0.247 e. The molecule has 0 aliphatic carbocycles. The summed E-state index contributed by atoms with van der Waals surface area (Å²) in [5, 5.41) is 2.01. The molecule has 0 radical (unpaired) electrons. The molecule has 2 N–H and O–H groups in total. The molecule has 0 fully saturated rings. The summed E-state index contributed by atoms with van der Waals surface area (Å²) >= 11 is 1.64. The highest BCUT2D eigenvalue weighted by molar-refractivity contribution is 7.09. The summed E-state index contributed by atoms with van der Waals surface area (Å²) in [6, 6.07) is 13.5. The molecule has 108 valence electrons. The van der Waals surface area contributed by atoms with E-state index < -0.39 is 5.54 Å². The minimum atomic E-state index is -0.993. The van der Waals surface area contributed by atoms with Crippen molar-refractivity contribution in [2.75, 3.05) is 7.05 Å². The van der Waals surface area contributed by atoms with Crippen molar-refractivity contribution in [3.8, 4) is 0 Å². The molecular weight excluding hydrogens is 292 g/mol. The number of hydrogen-bond donors (Lipinski definition) is 1. The van der Waals surface area contributed by atoms with Gasteiger partial charge in [-0.1, -0.05) is 36.4 Å². The van der Waals surface area contributed by atoms with Crippen LogP contribution >= 0.6 is 23.7 Å². The standard InChI is InChI=1S/C15H18N2OS.ClH/c1-15(16,12-7-4-3-5-8-12)14(18)17(2)11-13-9-6-10-19-13;/h3-10H,11,16H2,1-2H3;1H. The summed E-state index contributed by atoms with van der Waals surface area (Å²) in [5.74, 6) is -0.0768. The first-order valence-corrected chi connectivity index (χ1v) is 7.02. The first-order chi connectivity index (χ1) is 9.01. The lowest BCUT2D eigenvalue weighted by molar-refractivity contribution is -0.135. The molecule has 2 rings (SSSR count). The van der Waals surface area contributed by atoms with Crippen LogP contribution < -0.4 is 5.73 Å². The summed E-state index contributed by atoms with van der Waals surface area (Å²) in [5.41, 5.74) is 6.06. The molecule has 0 bridgehead atoms. The summed E-state index contributed by atoms with van der Waals surface area (Å²) in [6.45, 7) is 2.35. The molecular formula is C15H19ClN2OS. The van der Waals surface area contributed by atoms with Gasteiger partial charge in [-0.3, -0.25) is 4.79 Å². The van der Waals surface area contributed by atoms with Crippen LogP contribution in [0.1, 0.15) is 17.4 Å². The van der Waals surface area contributed by atoms with Crippen molar-refractivity contribution >= 4 is 29.7 Å². The number of carbonyl (C=O) groups excluding carboxylic acids is 1. The van der Waals surface area contributed by atoms with E-state index in [0.29, 0.717) is 6.54 Å². The number of thiophene rings is 1. The lowest BCUT2D eigenvalue weighted by Crippen LogP contribution is -2.49. The van der Waals surface area contributed by atoms with Gasteiger partial charge in [0.05, 0.1) is 6.54 Å². The Morgan fingerprint density at radius 2 is 1.90 bits per heavy atom.